The highest BCUT2D eigenvalue weighted by molar-refractivity contribution is 8.00. The highest BCUT2D eigenvalue weighted by Crippen LogP contribution is 2.34. The summed E-state index contributed by atoms with van der Waals surface area (Å²) in [7, 11) is 6.29. The summed E-state index contributed by atoms with van der Waals surface area (Å²) in [5, 5.41) is 4.37. The molecule has 4 nitrogen and oxygen atoms in total. The van der Waals surface area contributed by atoms with Gasteiger partial charge in [0.05, 0.1) is 0 Å². The van der Waals surface area contributed by atoms with Crippen molar-refractivity contribution in [3.63, 3.8) is 0 Å². The summed E-state index contributed by atoms with van der Waals surface area (Å²) in [6.45, 7) is 5.56. The van der Waals surface area contributed by atoms with Gasteiger partial charge in [0.15, 0.2) is 5.96 Å². The van der Waals surface area contributed by atoms with Gasteiger partial charge >= 0.3 is 0 Å². The summed E-state index contributed by atoms with van der Waals surface area (Å²) in [4.78, 5) is 9.29. The number of rotatable bonds is 5. The fraction of sp³-hybridized carbons (Fsp3) is 0.933. The average Bonchev–Trinajstić information content (AvgIpc) is 3.28. The Kier molecular flexibility index (Phi) is 6.02. The topological polar surface area (TPSA) is 30.9 Å². The predicted molar refractivity (Wildman–Crippen MR) is 89.7 cm³/mol. The molecule has 0 amide bonds. The van der Waals surface area contributed by atoms with Crippen LogP contribution in [0.2, 0.25) is 0 Å². The number of aliphatic imine (C=N–C) groups is 1. The Hall–Kier alpha value is -0.420. The first-order valence-corrected chi connectivity index (χ1v) is 8.94. The SMILES string of the molecule is CCC1CN(C(=NC)NCC(C2CC2)N(C)C)CCS1. The average molecular weight is 298 g/mol. The Bertz CT molecular complexity index is 326. The Morgan fingerprint density at radius 3 is 2.75 bits per heavy atom. The molecule has 2 aliphatic rings. The van der Waals surface area contributed by atoms with E-state index in [4.69, 9.17) is 0 Å². The number of thioether (sulfide) groups is 1. The lowest BCUT2D eigenvalue weighted by molar-refractivity contribution is 0.261. The Morgan fingerprint density at radius 2 is 2.20 bits per heavy atom. The maximum atomic E-state index is 4.50. The quantitative estimate of drug-likeness (QED) is 0.619. The number of hydrogen-bond donors (Lipinski definition) is 1. The summed E-state index contributed by atoms with van der Waals surface area (Å²) in [6, 6.07) is 0.646. The summed E-state index contributed by atoms with van der Waals surface area (Å²) < 4.78 is 0. The second-order valence-electron chi connectivity index (χ2n) is 6.14. The molecular formula is C15H30N4S. The van der Waals surface area contributed by atoms with Gasteiger partial charge in [-0.05, 0) is 39.3 Å². The Labute approximate surface area is 128 Å². The van der Waals surface area contributed by atoms with E-state index in [1.54, 1.807) is 0 Å². The highest BCUT2D eigenvalue weighted by atomic mass is 32.2. The van der Waals surface area contributed by atoms with E-state index in [-0.39, 0.29) is 0 Å². The largest absolute Gasteiger partial charge is 0.355 e. The van der Waals surface area contributed by atoms with Crippen LogP contribution < -0.4 is 5.32 Å². The van der Waals surface area contributed by atoms with Gasteiger partial charge in [-0.3, -0.25) is 4.99 Å². The molecule has 0 aromatic rings. The first kappa shape index (κ1) is 16.0. The van der Waals surface area contributed by atoms with Gasteiger partial charge in [-0.1, -0.05) is 6.92 Å². The minimum absolute atomic E-state index is 0.646. The van der Waals surface area contributed by atoms with Gasteiger partial charge in [0.25, 0.3) is 0 Å². The zero-order valence-corrected chi connectivity index (χ0v) is 14.2. The molecule has 1 aliphatic carbocycles. The molecule has 0 radical (unpaired) electrons. The predicted octanol–water partition coefficient (Wildman–Crippen LogP) is 1.73. The molecule has 1 heterocycles. The van der Waals surface area contributed by atoms with E-state index in [2.05, 4.69) is 52.9 Å². The number of nitrogens with one attached hydrogen (secondary N) is 1. The first-order valence-electron chi connectivity index (χ1n) is 7.89. The number of likely N-dealkylation sites (N-methyl/N-ethyl adjacent to an activating group) is 1. The fourth-order valence-electron chi connectivity index (χ4n) is 2.94. The minimum Gasteiger partial charge on any atom is -0.355 e. The first-order chi connectivity index (χ1) is 9.65. The van der Waals surface area contributed by atoms with Crippen LogP contribution in [0, 0.1) is 5.92 Å². The summed E-state index contributed by atoms with van der Waals surface area (Å²) in [5.41, 5.74) is 0. The number of hydrogen-bond acceptors (Lipinski definition) is 3. The summed E-state index contributed by atoms with van der Waals surface area (Å²) >= 11 is 2.11. The van der Waals surface area contributed by atoms with Crippen LogP contribution >= 0.6 is 11.8 Å². The molecular weight excluding hydrogens is 268 g/mol. The fourth-order valence-corrected chi connectivity index (χ4v) is 4.12. The van der Waals surface area contributed by atoms with Gasteiger partial charge in [-0.2, -0.15) is 11.8 Å². The van der Waals surface area contributed by atoms with Crippen LogP contribution in [0.25, 0.3) is 0 Å². The van der Waals surface area contributed by atoms with Crippen molar-refractivity contribution in [2.75, 3.05) is 46.5 Å². The lowest BCUT2D eigenvalue weighted by Crippen LogP contribution is -2.51. The Balaban J connectivity index is 1.85. The van der Waals surface area contributed by atoms with E-state index < -0.39 is 0 Å². The van der Waals surface area contributed by atoms with Gasteiger partial charge in [0.1, 0.15) is 0 Å². The van der Waals surface area contributed by atoms with Crippen molar-refractivity contribution in [2.45, 2.75) is 37.5 Å². The molecule has 0 bridgehead atoms. The molecule has 2 fully saturated rings. The minimum atomic E-state index is 0.646. The zero-order valence-electron chi connectivity index (χ0n) is 13.4. The third-order valence-electron chi connectivity index (χ3n) is 4.40. The molecule has 1 aliphatic heterocycles. The molecule has 2 unspecified atom stereocenters. The molecule has 116 valence electrons. The van der Waals surface area contributed by atoms with Crippen molar-refractivity contribution in [3.8, 4) is 0 Å². The van der Waals surface area contributed by atoms with Gasteiger partial charge in [0.2, 0.25) is 0 Å². The van der Waals surface area contributed by atoms with Gasteiger partial charge in [-0.15, -0.1) is 0 Å². The molecule has 20 heavy (non-hydrogen) atoms. The molecule has 1 N–H and O–H groups in total. The number of guanidine groups is 1. The summed E-state index contributed by atoms with van der Waals surface area (Å²) in [6.07, 6.45) is 4.03. The van der Waals surface area contributed by atoms with Gasteiger partial charge < -0.3 is 15.1 Å². The van der Waals surface area contributed by atoms with Gasteiger partial charge in [-0.25, -0.2) is 0 Å². The van der Waals surface area contributed by atoms with Crippen molar-refractivity contribution in [3.05, 3.63) is 0 Å². The molecule has 0 aromatic heterocycles. The van der Waals surface area contributed by atoms with Crippen LogP contribution in [-0.2, 0) is 0 Å². The van der Waals surface area contributed by atoms with E-state index in [0.29, 0.717) is 6.04 Å². The molecule has 0 spiro atoms. The van der Waals surface area contributed by atoms with Crippen LogP contribution in [0.15, 0.2) is 4.99 Å². The van der Waals surface area contributed by atoms with E-state index >= 15 is 0 Å². The van der Waals surface area contributed by atoms with Crippen LogP contribution in [0.3, 0.4) is 0 Å². The summed E-state index contributed by atoms with van der Waals surface area (Å²) in [5.74, 6) is 3.20. The van der Waals surface area contributed by atoms with Crippen molar-refractivity contribution >= 4 is 17.7 Å². The molecule has 5 heteroatoms. The lowest BCUT2D eigenvalue weighted by atomic mass is 10.1. The van der Waals surface area contributed by atoms with Crippen LogP contribution in [0.4, 0.5) is 0 Å². The van der Waals surface area contributed by atoms with Gasteiger partial charge in [0, 0.05) is 43.7 Å². The smallest absolute Gasteiger partial charge is 0.193 e. The molecule has 2 rings (SSSR count). The van der Waals surface area contributed by atoms with E-state index in [1.165, 1.54) is 25.0 Å². The third kappa shape index (κ3) is 4.29. The monoisotopic (exact) mass is 298 g/mol. The van der Waals surface area contributed by atoms with Crippen LogP contribution in [-0.4, -0.2) is 73.6 Å². The normalized spacial score (nSPS) is 25.9. The van der Waals surface area contributed by atoms with E-state index in [0.717, 1.165) is 36.8 Å². The van der Waals surface area contributed by atoms with Crippen LogP contribution in [0.1, 0.15) is 26.2 Å². The van der Waals surface area contributed by atoms with Crippen molar-refractivity contribution in [2.24, 2.45) is 10.9 Å². The second-order valence-corrected chi connectivity index (χ2v) is 7.55. The molecule has 1 saturated heterocycles. The standard InChI is InChI=1S/C15H30N4S/c1-5-13-11-19(8-9-20-13)15(16-2)17-10-14(18(3)4)12-6-7-12/h12-14H,5-11H2,1-4H3,(H,16,17). The molecule has 2 atom stereocenters. The maximum absolute atomic E-state index is 4.50. The van der Waals surface area contributed by atoms with Crippen molar-refractivity contribution in [1.82, 2.24) is 15.1 Å². The molecule has 0 aromatic carbocycles. The van der Waals surface area contributed by atoms with Crippen molar-refractivity contribution in [1.29, 1.82) is 0 Å². The van der Waals surface area contributed by atoms with Crippen LogP contribution in [0.5, 0.6) is 0 Å². The lowest BCUT2D eigenvalue weighted by Gasteiger charge is -2.35. The van der Waals surface area contributed by atoms with E-state index in [9.17, 15) is 0 Å². The zero-order chi connectivity index (χ0) is 14.5. The maximum Gasteiger partial charge on any atom is 0.193 e. The Morgan fingerprint density at radius 1 is 1.45 bits per heavy atom. The third-order valence-corrected chi connectivity index (χ3v) is 5.78. The number of nitrogens with zero attached hydrogens (tertiary/aromatic N) is 3. The highest BCUT2D eigenvalue weighted by Gasteiger charge is 2.33. The van der Waals surface area contributed by atoms with E-state index in [1.807, 2.05) is 7.05 Å². The second kappa shape index (κ2) is 7.55. The molecule has 1 saturated carbocycles. The van der Waals surface area contributed by atoms with Crippen molar-refractivity contribution < 1.29 is 0 Å².